The zero-order chi connectivity index (χ0) is 22.7. The largest absolute Gasteiger partial charge is 0.490 e. The van der Waals surface area contributed by atoms with Gasteiger partial charge in [0, 0.05) is 19.1 Å². The van der Waals surface area contributed by atoms with Crippen molar-refractivity contribution < 1.29 is 51.5 Å². The maximum absolute atomic E-state index is 11.8. The molecule has 0 saturated carbocycles. The molecule has 2 heterocycles. The van der Waals surface area contributed by atoms with Crippen molar-refractivity contribution in [3.05, 3.63) is 16.7 Å². The van der Waals surface area contributed by atoms with Crippen molar-refractivity contribution >= 4 is 40.6 Å². The molecule has 20 heteroatoms. The van der Waals surface area contributed by atoms with Gasteiger partial charge in [0.15, 0.2) is 11.2 Å². The lowest BCUT2D eigenvalue weighted by Gasteiger charge is -2.20. The van der Waals surface area contributed by atoms with Gasteiger partial charge in [-0.25, -0.2) is 18.7 Å². The molecular formula is C10H18N5O12P3. The van der Waals surface area contributed by atoms with Crippen molar-refractivity contribution in [3.63, 3.8) is 0 Å². The second-order valence-corrected chi connectivity index (χ2v) is 10.2. The number of hydrogen-bond donors (Lipinski definition) is 7. The van der Waals surface area contributed by atoms with Crippen LogP contribution >= 0.6 is 23.5 Å². The van der Waals surface area contributed by atoms with Gasteiger partial charge in [-0.05, 0) is 6.42 Å². The van der Waals surface area contributed by atoms with Gasteiger partial charge in [0.25, 0.3) is 5.56 Å². The fourth-order valence-electron chi connectivity index (χ4n) is 2.30. The zero-order valence-corrected chi connectivity index (χ0v) is 17.5. The Labute approximate surface area is 166 Å². The maximum atomic E-state index is 11.8. The summed E-state index contributed by atoms with van der Waals surface area (Å²) in [5.74, 6) is -0.902. The SMILES string of the molecule is Nc1nc2c(ncn2CC(CCO)COP(=O)(O)OP(=O)(O)OP(=O)(O)O)c(=O)[nH]1. The van der Waals surface area contributed by atoms with Gasteiger partial charge in [-0.2, -0.15) is 13.6 Å². The molecule has 0 fully saturated rings. The molecule has 0 radical (unpaired) electrons. The standard InChI is InChI=1S/C10H18N5O12P3/c11-10-13-8-7(9(17)14-10)12-5-15(8)3-6(1-2-16)4-25-29(21,22)27-30(23,24)26-28(18,19)20/h5-6,16H,1-4H2,(H,21,22)(H,23,24)(H2,18,19,20)(H3,11,13,14,17). The van der Waals surface area contributed by atoms with Crippen LogP contribution in [-0.4, -0.2) is 57.4 Å². The number of H-pyrrole nitrogens is 1. The minimum atomic E-state index is -5.64. The average Bonchev–Trinajstić information content (AvgIpc) is 2.92. The highest BCUT2D eigenvalue weighted by atomic mass is 31.3. The summed E-state index contributed by atoms with van der Waals surface area (Å²) in [6.45, 7) is -1.04. The van der Waals surface area contributed by atoms with E-state index < -0.39 is 41.6 Å². The molecule has 0 spiro atoms. The van der Waals surface area contributed by atoms with Crippen LogP contribution in [0.5, 0.6) is 0 Å². The van der Waals surface area contributed by atoms with Crippen LogP contribution in [0.4, 0.5) is 5.95 Å². The molecule has 8 N–H and O–H groups in total. The van der Waals surface area contributed by atoms with E-state index in [2.05, 4.69) is 28.1 Å². The molecule has 3 unspecified atom stereocenters. The minimum absolute atomic E-state index is 0.00805. The molecule has 30 heavy (non-hydrogen) atoms. The summed E-state index contributed by atoms with van der Waals surface area (Å²) in [4.78, 5) is 57.5. The number of aromatic nitrogens is 4. The third-order valence-corrected chi connectivity index (χ3v) is 7.18. The van der Waals surface area contributed by atoms with Gasteiger partial charge >= 0.3 is 23.5 Å². The van der Waals surface area contributed by atoms with Crippen LogP contribution in [-0.2, 0) is 33.4 Å². The van der Waals surface area contributed by atoms with Crippen LogP contribution in [0, 0.1) is 5.92 Å². The van der Waals surface area contributed by atoms with E-state index in [1.54, 1.807) is 0 Å². The molecule has 0 aliphatic rings. The minimum Gasteiger partial charge on any atom is -0.396 e. The van der Waals surface area contributed by atoms with Crippen molar-refractivity contribution in [1.82, 2.24) is 19.5 Å². The summed E-state index contributed by atoms with van der Waals surface area (Å²) in [6.07, 6.45) is 1.25. The second-order valence-electron chi connectivity index (χ2n) is 5.79. The van der Waals surface area contributed by atoms with E-state index >= 15 is 0 Å². The van der Waals surface area contributed by atoms with Gasteiger partial charge < -0.3 is 35.0 Å². The molecule has 2 aromatic heterocycles. The molecule has 2 rings (SSSR count). The first-order chi connectivity index (χ1) is 13.7. The number of hydrogen-bond acceptors (Lipinski definition) is 11. The van der Waals surface area contributed by atoms with Crippen LogP contribution in [0.15, 0.2) is 11.1 Å². The first-order valence-corrected chi connectivity index (χ1v) is 12.3. The third-order valence-electron chi connectivity index (χ3n) is 3.37. The lowest BCUT2D eigenvalue weighted by molar-refractivity contribution is 0.134. The van der Waals surface area contributed by atoms with E-state index in [4.69, 9.17) is 20.4 Å². The van der Waals surface area contributed by atoms with E-state index in [1.165, 1.54) is 10.9 Å². The lowest BCUT2D eigenvalue weighted by Crippen LogP contribution is -2.19. The molecule has 0 aliphatic carbocycles. The number of rotatable bonds is 11. The number of imidazole rings is 1. The number of anilines is 1. The molecule has 3 atom stereocenters. The van der Waals surface area contributed by atoms with E-state index in [-0.39, 0.29) is 36.7 Å². The van der Waals surface area contributed by atoms with Crippen molar-refractivity contribution in [3.8, 4) is 0 Å². The van der Waals surface area contributed by atoms with Crippen molar-refractivity contribution in [2.75, 3.05) is 18.9 Å². The smallest absolute Gasteiger partial charge is 0.396 e. The maximum Gasteiger partial charge on any atom is 0.490 e. The number of nitrogens with zero attached hydrogens (tertiary/aromatic N) is 3. The van der Waals surface area contributed by atoms with Crippen LogP contribution in [0.3, 0.4) is 0 Å². The Kier molecular flexibility index (Phi) is 7.72. The number of fused-ring (bicyclic) bond motifs is 1. The summed E-state index contributed by atoms with van der Waals surface area (Å²) in [7, 11) is -16.5. The van der Waals surface area contributed by atoms with Crippen LogP contribution in [0.1, 0.15) is 6.42 Å². The zero-order valence-electron chi connectivity index (χ0n) is 14.8. The fourth-order valence-corrected chi connectivity index (χ4v) is 5.39. The first-order valence-electron chi connectivity index (χ1n) is 7.81. The average molecular weight is 493 g/mol. The number of nitrogen functional groups attached to an aromatic ring is 1. The van der Waals surface area contributed by atoms with Gasteiger partial charge in [0.05, 0.1) is 12.9 Å². The van der Waals surface area contributed by atoms with E-state index in [1.807, 2.05) is 0 Å². The number of nitrogens with two attached hydrogens (primary N) is 1. The predicted octanol–water partition coefficient (Wildman–Crippen LogP) is -0.956. The third kappa shape index (κ3) is 7.34. The summed E-state index contributed by atoms with van der Waals surface area (Å²) in [5, 5.41) is 9.19. The number of aliphatic hydroxyl groups is 1. The second kappa shape index (κ2) is 9.34. The highest BCUT2D eigenvalue weighted by molar-refractivity contribution is 7.66. The lowest BCUT2D eigenvalue weighted by atomic mass is 10.1. The number of nitrogens with one attached hydrogen (secondary N) is 1. The highest BCUT2D eigenvalue weighted by Crippen LogP contribution is 2.66. The number of phosphoric acid groups is 3. The van der Waals surface area contributed by atoms with Gasteiger partial charge in [-0.1, -0.05) is 0 Å². The van der Waals surface area contributed by atoms with E-state index in [0.29, 0.717) is 0 Å². The molecule has 0 aliphatic heterocycles. The molecular weight excluding hydrogens is 475 g/mol. The van der Waals surface area contributed by atoms with Crippen LogP contribution in [0.25, 0.3) is 11.2 Å². The Morgan fingerprint density at radius 3 is 2.43 bits per heavy atom. The summed E-state index contributed by atoms with van der Waals surface area (Å²) >= 11 is 0. The van der Waals surface area contributed by atoms with Crippen LogP contribution < -0.4 is 11.3 Å². The summed E-state index contributed by atoms with van der Waals surface area (Å²) in [5.41, 5.74) is 4.96. The molecule has 2 aromatic rings. The molecule has 0 saturated heterocycles. The molecule has 0 aromatic carbocycles. The number of aliphatic hydroxyl groups excluding tert-OH is 1. The molecule has 0 amide bonds. The summed E-state index contributed by atoms with van der Waals surface area (Å²) in [6, 6.07) is 0. The first kappa shape index (κ1) is 24.8. The van der Waals surface area contributed by atoms with Gasteiger partial charge in [0.1, 0.15) is 0 Å². The Morgan fingerprint density at radius 1 is 1.17 bits per heavy atom. The Hall–Kier alpha value is -1.48. The molecule has 0 bridgehead atoms. The van der Waals surface area contributed by atoms with Gasteiger partial charge in [-0.15, -0.1) is 0 Å². The normalized spacial score (nSPS) is 17.5. The quantitative estimate of drug-likeness (QED) is 0.186. The van der Waals surface area contributed by atoms with E-state index in [0.717, 1.165) is 0 Å². The number of aromatic amines is 1. The molecule has 17 nitrogen and oxygen atoms in total. The Balaban J connectivity index is 2.11. The van der Waals surface area contributed by atoms with Crippen molar-refractivity contribution in [2.24, 2.45) is 5.92 Å². The predicted molar refractivity (Wildman–Crippen MR) is 97.6 cm³/mol. The Bertz CT molecular complexity index is 1090. The van der Waals surface area contributed by atoms with E-state index in [9.17, 15) is 28.5 Å². The van der Waals surface area contributed by atoms with Gasteiger partial charge in [0.2, 0.25) is 5.95 Å². The number of phosphoric ester groups is 1. The van der Waals surface area contributed by atoms with Crippen LogP contribution in [0.2, 0.25) is 0 Å². The highest BCUT2D eigenvalue weighted by Gasteiger charge is 2.40. The summed E-state index contributed by atoms with van der Waals surface area (Å²) < 4.78 is 46.9. The monoisotopic (exact) mass is 493 g/mol. The molecule has 170 valence electrons. The topological polar surface area (TPSA) is 270 Å². The van der Waals surface area contributed by atoms with Gasteiger partial charge in [-0.3, -0.25) is 14.3 Å². The fraction of sp³-hybridized carbons (Fsp3) is 0.500. The van der Waals surface area contributed by atoms with Crippen molar-refractivity contribution in [1.29, 1.82) is 0 Å². The van der Waals surface area contributed by atoms with Crippen molar-refractivity contribution in [2.45, 2.75) is 13.0 Å². The Morgan fingerprint density at radius 2 is 1.83 bits per heavy atom.